The van der Waals surface area contributed by atoms with Gasteiger partial charge in [-0.15, -0.1) is 0 Å². The van der Waals surface area contributed by atoms with Crippen LogP contribution in [0, 0.1) is 0 Å². The first-order valence-corrected chi connectivity index (χ1v) is 5.95. The van der Waals surface area contributed by atoms with Gasteiger partial charge in [-0.3, -0.25) is 9.59 Å². The summed E-state index contributed by atoms with van der Waals surface area (Å²) in [6.07, 6.45) is 0.478. The van der Waals surface area contributed by atoms with E-state index in [1.165, 1.54) is 12.1 Å². The maximum absolute atomic E-state index is 11.9. The van der Waals surface area contributed by atoms with Crippen LogP contribution in [0.1, 0.15) is 20.3 Å². The normalized spacial score (nSPS) is 12.3. The molecule has 0 radical (unpaired) electrons. The fourth-order valence-corrected chi connectivity index (χ4v) is 1.26. The Balaban J connectivity index is 2.93. The van der Waals surface area contributed by atoms with Crippen molar-refractivity contribution in [2.45, 2.75) is 32.0 Å². The molecule has 0 amide bonds. The molecule has 1 aromatic rings. The summed E-state index contributed by atoms with van der Waals surface area (Å²) < 4.78 is 10.2. The Morgan fingerprint density at radius 2 is 1.84 bits per heavy atom. The lowest BCUT2D eigenvalue weighted by Crippen LogP contribution is -2.50. The Morgan fingerprint density at radius 3 is 2.32 bits per heavy atom. The number of ether oxygens (including phenoxy) is 2. The van der Waals surface area contributed by atoms with Crippen LogP contribution in [0.4, 0.5) is 0 Å². The molecule has 0 aliphatic carbocycles. The fraction of sp³-hybridized carbons (Fsp3) is 0.357. The molecule has 0 saturated heterocycles. The predicted octanol–water partition coefficient (Wildman–Crippen LogP) is 1.54. The molecule has 5 heteroatoms. The molecular formula is C14H16O5. The number of hydrogen-bond acceptors (Lipinski definition) is 5. The molecule has 0 aliphatic rings. The van der Waals surface area contributed by atoms with Crippen molar-refractivity contribution in [3.05, 3.63) is 30.3 Å². The van der Waals surface area contributed by atoms with Crippen LogP contribution in [-0.2, 0) is 19.1 Å². The van der Waals surface area contributed by atoms with E-state index in [4.69, 9.17) is 9.47 Å². The average Bonchev–Trinajstić information content (AvgIpc) is 2.45. The van der Waals surface area contributed by atoms with Gasteiger partial charge in [0, 0.05) is 0 Å². The lowest BCUT2D eigenvalue weighted by atomic mass is 10.1. The van der Waals surface area contributed by atoms with Crippen molar-refractivity contribution in [3.63, 3.8) is 0 Å². The van der Waals surface area contributed by atoms with Crippen molar-refractivity contribution < 1.29 is 23.9 Å². The minimum atomic E-state index is -2.25. The second kappa shape index (κ2) is 6.68. The second-order valence-corrected chi connectivity index (χ2v) is 4.07. The number of rotatable bonds is 7. The highest BCUT2D eigenvalue weighted by Gasteiger charge is 2.43. The van der Waals surface area contributed by atoms with Crippen LogP contribution in [0.3, 0.4) is 0 Å². The van der Waals surface area contributed by atoms with Crippen LogP contribution in [-0.4, -0.2) is 30.2 Å². The van der Waals surface area contributed by atoms with Gasteiger partial charge in [0.15, 0.2) is 12.6 Å². The maximum Gasteiger partial charge on any atom is 0.366 e. The Kier molecular flexibility index (Phi) is 5.23. The SMILES string of the molecule is CCC(C)OC(=O)C(C=O)(C=O)Oc1ccccc1. The molecule has 0 heterocycles. The third kappa shape index (κ3) is 3.64. The largest absolute Gasteiger partial charge is 0.461 e. The van der Waals surface area contributed by atoms with Crippen LogP contribution >= 0.6 is 0 Å². The summed E-state index contributed by atoms with van der Waals surface area (Å²) in [4.78, 5) is 34.1. The van der Waals surface area contributed by atoms with Crippen molar-refractivity contribution in [1.29, 1.82) is 0 Å². The first kappa shape index (κ1) is 14.9. The minimum absolute atomic E-state index is 0.151. The molecule has 102 valence electrons. The zero-order valence-electron chi connectivity index (χ0n) is 10.9. The first-order chi connectivity index (χ1) is 9.07. The quantitative estimate of drug-likeness (QED) is 0.424. The molecule has 5 nitrogen and oxygen atoms in total. The summed E-state index contributed by atoms with van der Waals surface area (Å²) >= 11 is 0. The molecular weight excluding hydrogens is 248 g/mol. The number of benzene rings is 1. The summed E-state index contributed by atoms with van der Waals surface area (Å²) in [6.45, 7) is 3.49. The summed E-state index contributed by atoms with van der Waals surface area (Å²) in [5, 5.41) is 0. The number of aldehydes is 2. The summed E-state index contributed by atoms with van der Waals surface area (Å²) in [7, 11) is 0. The van der Waals surface area contributed by atoms with Crippen LogP contribution in [0.5, 0.6) is 5.75 Å². The van der Waals surface area contributed by atoms with Crippen molar-refractivity contribution in [2.75, 3.05) is 0 Å². The third-order valence-corrected chi connectivity index (χ3v) is 2.58. The van der Waals surface area contributed by atoms with E-state index in [1.54, 1.807) is 25.1 Å². The maximum atomic E-state index is 11.9. The molecule has 1 atom stereocenters. The standard InChI is InChI=1S/C14H16O5/c1-3-11(2)18-13(17)14(9-15,10-16)19-12-7-5-4-6-8-12/h4-11H,3H2,1-2H3. The van der Waals surface area contributed by atoms with E-state index in [9.17, 15) is 14.4 Å². The number of para-hydroxylation sites is 1. The van der Waals surface area contributed by atoms with Gasteiger partial charge in [-0.1, -0.05) is 25.1 Å². The Hall–Kier alpha value is -2.17. The van der Waals surface area contributed by atoms with Crippen LogP contribution in [0.15, 0.2) is 30.3 Å². The Bertz CT molecular complexity index is 432. The van der Waals surface area contributed by atoms with Gasteiger partial charge in [0.05, 0.1) is 6.10 Å². The average molecular weight is 264 g/mol. The summed E-state index contributed by atoms with van der Waals surface area (Å²) in [5.74, 6) is -0.765. The molecule has 1 aromatic carbocycles. The molecule has 1 rings (SSSR count). The Labute approximate surface area is 111 Å². The smallest absolute Gasteiger partial charge is 0.366 e. The number of carbonyl (C=O) groups is 3. The van der Waals surface area contributed by atoms with Gasteiger partial charge in [-0.2, -0.15) is 0 Å². The van der Waals surface area contributed by atoms with Crippen LogP contribution in [0.25, 0.3) is 0 Å². The minimum Gasteiger partial charge on any atom is -0.461 e. The molecule has 0 aromatic heterocycles. The molecule has 0 saturated carbocycles. The zero-order chi connectivity index (χ0) is 14.3. The van der Waals surface area contributed by atoms with Gasteiger partial charge in [0.2, 0.25) is 0 Å². The van der Waals surface area contributed by atoms with E-state index in [-0.39, 0.29) is 18.3 Å². The molecule has 1 unspecified atom stereocenters. The van der Waals surface area contributed by atoms with Gasteiger partial charge in [0.25, 0.3) is 0 Å². The molecule has 19 heavy (non-hydrogen) atoms. The summed E-state index contributed by atoms with van der Waals surface area (Å²) in [5.41, 5.74) is -2.25. The van der Waals surface area contributed by atoms with Crippen LogP contribution < -0.4 is 4.74 Å². The van der Waals surface area contributed by atoms with E-state index < -0.39 is 17.7 Å². The van der Waals surface area contributed by atoms with E-state index in [1.807, 2.05) is 6.92 Å². The lowest BCUT2D eigenvalue weighted by molar-refractivity contribution is -0.168. The highest BCUT2D eigenvalue weighted by atomic mass is 16.6. The zero-order valence-corrected chi connectivity index (χ0v) is 10.9. The first-order valence-electron chi connectivity index (χ1n) is 5.95. The van der Waals surface area contributed by atoms with Crippen molar-refractivity contribution in [2.24, 2.45) is 0 Å². The molecule has 0 spiro atoms. The van der Waals surface area contributed by atoms with Gasteiger partial charge in [-0.25, -0.2) is 4.79 Å². The molecule has 0 N–H and O–H groups in total. The van der Waals surface area contributed by atoms with Crippen molar-refractivity contribution >= 4 is 18.5 Å². The number of carbonyl (C=O) groups excluding carboxylic acids is 3. The molecule has 0 fully saturated rings. The predicted molar refractivity (Wildman–Crippen MR) is 67.8 cm³/mol. The lowest BCUT2D eigenvalue weighted by Gasteiger charge is -2.23. The molecule has 0 aliphatic heterocycles. The number of esters is 1. The van der Waals surface area contributed by atoms with Crippen molar-refractivity contribution in [1.82, 2.24) is 0 Å². The van der Waals surface area contributed by atoms with Crippen LogP contribution in [0.2, 0.25) is 0 Å². The second-order valence-electron chi connectivity index (χ2n) is 4.07. The van der Waals surface area contributed by atoms with Gasteiger partial charge in [-0.05, 0) is 25.5 Å². The molecule has 0 bridgehead atoms. The van der Waals surface area contributed by atoms with E-state index in [0.717, 1.165) is 0 Å². The Morgan fingerprint density at radius 1 is 1.26 bits per heavy atom. The van der Waals surface area contributed by atoms with E-state index >= 15 is 0 Å². The highest BCUT2D eigenvalue weighted by molar-refractivity contribution is 6.12. The monoisotopic (exact) mass is 264 g/mol. The fourth-order valence-electron chi connectivity index (χ4n) is 1.26. The van der Waals surface area contributed by atoms with Gasteiger partial charge >= 0.3 is 11.6 Å². The van der Waals surface area contributed by atoms with E-state index in [0.29, 0.717) is 6.42 Å². The van der Waals surface area contributed by atoms with Gasteiger partial charge in [0.1, 0.15) is 5.75 Å². The summed E-state index contributed by atoms with van der Waals surface area (Å²) in [6, 6.07) is 8.15. The third-order valence-electron chi connectivity index (χ3n) is 2.58. The van der Waals surface area contributed by atoms with Gasteiger partial charge < -0.3 is 9.47 Å². The topological polar surface area (TPSA) is 69.7 Å². The number of hydrogen-bond donors (Lipinski definition) is 0. The van der Waals surface area contributed by atoms with E-state index in [2.05, 4.69) is 0 Å². The van der Waals surface area contributed by atoms with Crippen molar-refractivity contribution in [3.8, 4) is 5.75 Å². The highest BCUT2D eigenvalue weighted by Crippen LogP contribution is 2.18.